The summed E-state index contributed by atoms with van der Waals surface area (Å²) in [6.07, 6.45) is 15.5. The van der Waals surface area contributed by atoms with Gasteiger partial charge in [-0.25, -0.2) is 19.1 Å². The van der Waals surface area contributed by atoms with Gasteiger partial charge in [-0.3, -0.25) is 39.6 Å². The smallest absolute Gasteiger partial charge is 0.336 e. The number of nitrogens with one attached hydrogen (secondary N) is 2. The maximum Gasteiger partial charge on any atom is 0.336 e. The van der Waals surface area contributed by atoms with E-state index in [4.69, 9.17) is 0 Å². The second-order valence-electron chi connectivity index (χ2n) is 8.43. The quantitative estimate of drug-likeness (QED) is 0.161. The first-order valence-electron chi connectivity index (χ1n) is 12.2. The Morgan fingerprint density at radius 3 is 2.31 bits per heavy atom. The SMILES string of the molecule is C=N/C=C\C(=C/C)C(C=Cc1c(O)[nH]c(=O)n(-c2cccnc2)c1=O)=C/C=C1\C(=O)NC(=O)N(c2cccnc2)C1=O. The van der Waals surface area contributed by atoms with Crippen LogP contribution in [0.15, 0.2) is 117 Å². The summed E-state index contributed by atoms with van der Waals surface area (Å²) in [6, 6.07) is 5.14. The van der Waals surface area contributed by atoms with Crippen molar-refractivity contribution in [2.75, 3.05) is 4.90 Å². The molecule has 3 N–H and O–H groups in total. The molecule has 0 saturated carbocycles. The zero-order chi connectivity index (χ0) is 30.2. The van der Waals surface area contributed by atoms with E-state index in [1.54, 1.807) is 25.1 Å². The van der Waals surface area contributed by atoms with E-state index in [9.17, 15) is 29.1 Å². The Kier molecular flexibility index (Phi) is 8.73. The zero-order valence-electron chi connectivity index (χ0n) is 22.1. The van der Waals surface area contributed by atoms with E-state index in [2.05, 4.69) is 32.0 Å². The molecule has 0 aliphatic carbocycles. The van der Waals surface area contributed by atoms with Crippen LogP contribution in [-0.2, 0) is 9.59 Å². The molecule has 1 saturated heterocycles. The van der Waals surface area contributed by atoms with Crippen LogP contribution in [0.25, 0.3) is 11.8 Å². The molecule has 4 heterocycles. The summed E-state index contributed by atoms with van der Waals surface area (Å²) >= 11 is 0. The van der Waals surface area contributed by atoms with Crippen molar-refractivity contribution in [1.82, 2.24) is 24.8 Å². The number of aromatic hydroxyl groups is 1. The van der Waals surface area contributed by atoms with Crippen molar-refractivity contribution >= 4 is 36.3 Å². The van der Waals surface area contributed by atoms with Gasteiger partial charge in [-0.1, -0.05) is 18.2 Å². The number of anilines is 1. The molecule has 13 heteroatoms. The number of barbiturate groups is 1. The lowest BCUT2D eigenvalue weighted by Gasteiger charge is -2.25. The minimum absolute atomic E-state index is 0.162. The van der Waals surface area contributed by atoms with E-state index in [1.165, 1.54) is 73.5 Å². The second kappa shape index (κ2) is 12.7. The van der Waals surface area contributed by atoms with Crippen molar-refractivity contribution in [3.05, 3.63) is 129 Å². The third-order valence-corrected chi connectivity index (χ3v) is 5.89. The standard InChI is InChI=1S/C29H23N7O6/c1-3-18(12-15-30-2)19(8-10-22-24(37)33-28(41)35(26(22)39)20-6-4-13-31-16-20)9-11-23-25(38)34-29(42)36(27(23)40)21-7-5-14-32-17-21/h3-17,37H,2H2,1H3,(H,33,41)(H,34,38,42)/b10-8?,15-12-,18-3+,19-9?,23-11+. The van der Waals surface area contributed by atoms with Gasteiger partial charge in [-0.05, 0) is 67.3 Å². The predicted molar refractivity (Wildman–Crippen MR) is 155 cm³/mol. The molecule has 1 aliphatic rings. The summed E-state index contributed by atoms with van der Waals surface area (Å²) < 4.78 is 0.810. The number of rotatable bonds is 8. The molecule has 0 aromatic carbocycles. The van der Waals surface area contributed by atoms with E-state index in [-0.39, 0.29) is 22.5 Å². The van der Waals surface area contributed by atoms with E-state index in [0.29, 0.717) is 11.1 Å². The number of hydrogen-bond donors (Lipinski definition) is 3. The number of urea groups is 1. The lowest BCUT2D eigenvalue weighted by atomic mass is 10.0. The second-order valence-corrected chi connectivity index (χ2v) is 8.43. The fraction of sp³-hybridized carbons (Fsp3) is 0.0345. The van der Waals surface area contributed by atoms with Gasteiger partial charge in [0.15, 0.2) is 0 Å². The summed E-state index contributed by atoms with van der Waals surface area (Å²) in [7, 11) is 0. The van der Waals surface area contributed by atoms with E-state index in [1.807, 2.05) is 0 Å². The normalized spacial score (nSPS) is 15.6. The van der Waals surface area contributed by atoms with Gasteiger partial charge < -0.3 is 5.11 Å². The third kappa shape index (κ3) is 5.99. The maximum absolute atomic E-state index is 13.2. The molecule has 1 aliphatic heterocycles. The summed E-state index contributed by atoms with van der Waals surface area (Å²) in [5.74, 6) is -2.45. The van der Waals surface area contributed by atoms with Crippen molar-refractivity contribution in [1.29, 1.82) is 0 Å². The van der Waals surface area contributed by atoms with Crippen LogP contribution in [0, 0.1) is 0 Å². The van der Waals surface area contributed by atoms with Crippen molar-refractivity contribution in [3.8, 4) is 11.6 Å². The van der Waals surface area contributed by atoms with Gasteiger partial charge in [0.05, 0.1) is 23.8 Å². The molecular formula is C29H23N7O6. The number of aromatic amines is 1. The highest BCUT2D eigenvalue weighted by molar-refractivity contribution is 6.37. The summed E-state index contributed by atoms with van der Waals surface area (Å²) in [5, 5.41) is 12.5. The van der Waals surface area contributed by atoms with Crippen molar-refractivity contribution in [2.45, 2.75) is 6.92 Å². The fourth-order valence-electron chi connectivity index (χ4n) is 3.89. The van der Waals surface area contributed by atoms with Crippen LogP contribution >= 0.6 is 0 Å². The Morgan fingerprint density at radius 1 is 1.00 bits per heavy atom. The van der Waals surface area contributed by atoms with E-state index < -0.39 is 35.0 Å². The Morgan fingerprint density at radius 2 is 1.69 bits per heavy atom. The highest BCUT2D eigenvalue weighted by atomic mass is 16.3. The van der Waals surface area contributed by atoms with E-state index >= 15 is 0 Å². The number of aromatic nitrogens is 4. The number of pyridine rings is 2. The number of aliphatic imine (C=N–C) groups is 1. The van der Waals surface area contributed by atoms with Crippen LogP contribution in [0.4, 0.5) is 10.5 Å². The van der Waals surface area contributed by atoms with Gasteiger partial charge in [0.2, 0.25) is 5.88 Å². The van der Waals surface area contributed by atoms with Crippen LogP contribution in [0.1, 0.15) is 12.5 Å². The first-order valence-corrected chi connectivity index (χ1v) is 12.2. The number of nitrogens with zero attached hydrogens (tertiary/aromatic N) is 5. The number of H-pyrrole nitrogens is 1. The van der Waals surface area contributed by atoms with Crippen molar-refractivity contribution < 1.29 is 19.5 Å². The number of imide groups is 2. The molecule has 0 unspecified atom stereocenters. The fourth-order valence-corrected chi connectivity index (χ4v) is 3.89. The lowest BCUT2D eigenvalue weighted by molar-refractivity contribution is -0.122. The monoisotopic (exact) mass is 565 g/mol. The summed E-state index contributed by atoms with van der Waals surface area (Å²) in [5.41, 5.74) is -1.07. The van der Waals surface area contributed by atoms with Gasteiger partial charge in [0.1, 0.15) is 11.1 Å². The molecule has 210 valence electrons. The molecule has 0 bridgehead atoms. The van der Waals surface area contributed by atoms with Gasteiger partial charge in [-0.2, -0.15) is 0 Å². The Labute approximate surface area is 237 Å². The van der Waals surface area contributed by atoms with Gasteiger partial charge in [0, 0.05) is 18.6 Å². The van der Waals surface area contributed by atoms with Gasteiger partial charge in [-0.15, -0.1) is 0 Å². The van der Waals surface area contributed by atoms with Crippen molar-refractivity contribution in [3.63, 3.8) is 0 Å². The first-order chi connectivity index (χ1) is 20.3. The highest BCUT2D eigenvalue weighted by Gasteiger charge is 2.36. The molecule has 0 spiro atoms. The molecule has 1 fully saturated rings. The van der Waals surface area contributed by atoms with Crippen LogP contribution in [0.5, 0.6) is 5.88 Å². The first kappa shape index (κ1) is 28.8. The molecule has 13 nitrogen and oxygen atoms in total. The Bertz CT molecular complexity index is 1830. The lowest BCUT2D eigenvalue weighted by Crippen LogP contribution is -2.54. The number of amides is 4. The minimum atomic E-state index is -0.924. The van der Waals surface area contributed by atoms with Crippen molar-refractivity contribution in [2.24, 2.45) is 4.99 Å². The van der Waals surface area contributed by atoms with Crippen LogP contribution in [0.3, 0.4) is 0 Å². The zero-order valence-corrected chi connectivity index (χ0v) is 22.1. The third-order valence-electron chi connectivity index (χ3n) is 5.89. The highest BCUT2D eigenvalue weighted by Crippen LogP contribution is 2.21. The molecule has 3 aromatic rings. The van der Waals surface area contributed by atoms with E-state index in [0.717, 1.165) is 9.47 Å². The molecule has 4 amide bonds. The maximum atomic E-state index is 13.2. The van der Waals surface area contributed by atoms with Crippen LogP contribution < -0.4 is 21.5 Å². The van der Waals surface area contributed by atoms with Gasteiger partial charge >= 0.3 is 11.7 Å². The molecule has 42 heavy (non-hydrogen) atoms. The molecule has 4 rings (SSSR count). The molecule has 0 atom stereocenters. The summed E-state index contributed by atoms with van der Waals surface area (Å²) in [6.45, 7) is 5.12. The molecular weight excluding hydrogens is 542 g/mol. The number of allylic oxidation sites excluding steroid dienone is 7. The van der Waals surface area contributed by atoms with Crippen LogP contribution in [0.2, 0.25) is 0 Å². The predicted octanol–water partition coefficient (Wildman–Crippen LogP) is 2.33. The minimum Gasteiger partial charge on any atom is -0.494 e. The molecule has 3 aromatic heterocycles. The molecule has 0 radical (unpaired) electrons. The summed E-state index contributed by atoms with van der Waals surface area (Å²) in [4.78, 5) is 78.4. The Balaban J connectivity index is 1.81. The number of carbonyl (C=O) groups is 3. The largest absolute Gasteiger partial charge is 0.494 e. The Hall–Kier alpha value is -6.24. The van der Waals surface area contributed by atoms with Gasteiger partial charge in [0.25, 0.3) is 17.4 Å². The average molecular weight is 566 g/mol. The topological polar surface area (TPSA) is 180 Å². The average Bonchev–Trinajstić information content (AvgIpc) is 2.97. The number of carbonyl (C=O) groups excluding carboxylic acids is 3. The van der Waals surface area contributed by atoms with Crippen LogP contribution in [-0.4, -0.2) is 49.2 Å². The number of hydrogen-bond acceptors (Lipinski definition) is 9.